The zero-order chi connectivity index (χ0) is 21.0. The van der Waals surface area contributed by atoms with Crippen molar-refractivity contribution >= 4 is 20.2 Å². The number of hydrogen-bond donors (Lipinski definition) is 0. The smallest absolute Gasteiger partial charge is 0.267 e. The molecule has 158 valence electrons. The molecular formula is C18H38O6S2. The van der Waals surface area contributed by atoms with Crippen LogP contribution in [0.5, 0.6) is 0 Å². The molecule has 0 rings (SSSR count). The molecule has 0 aliphatic carbocycles. The van der Waals surface area contributed by atoms with Gasteiger partial charge in [0.05, 0.1) is 23.7 Å². The molecule has 0 aliphatic heterocycles. The second-order valence-corrected chi connectivity index (χ2v) is 13.2. The second-order valence-electron chi connectivity index (χ2n) is 10.0. The number of hydrogen-bond acceptors (Lipinski definition) is 6. The van der Waals surface area contributed by atoms with E-state index in [-0.39, 0.29) is 23.8 Å². The lowest BCUT2D eigenvalue weighted by Gasteiger charge is -2.25. The van der Waals surface area contributed by atoms with Crippen LogP contribution in [0.3, 0.4) is 0 Å². The molecule has 0 amide bonds. The summed E-state index contributed by atoms with van der Waals surface area (Å²) in [6.07, 6.45) is -0.556. The van der Waals surface area contributed by atoms with Crippen molar-refractivity contribution in [1.29, 1.82) is 0 Å². The minimum atomic E-state index is -3.71. The highest BCUT2D eigenvalue weighted by Gasteiger charge is 2.30. The zero-order valence-corrected chi connectivity index (χ0v) is 19.5. The van der Waals surface area contributed by atoms with Gasteiger partial charge < -0.3 is 0 Å². The van der Waals surface area contributed by atoms with Crippen molar-refractivity contribution < 1.29 is 25.2 Å². The lowest BCUT2D eigenvalue weighted by atomic mass is 10.0. The van der Waals surface area contributed by atoms with Gasteiger partial charge in [-0.1, -0.05) is 55.4 Å². The largest absolute Gasteiger partial charge is 0.268 e. The third-order valence-corrected chi connectivity index (χ3v) is 6.77. The summed E-state index contributed by atoms with van der Waals surface area (Å²) in [7, 11) is -7.40. The van der Waals surface area contributed by atoms with E-state index < -0.39 is 43.3 Å². The molecular weight excluding hydrogens is 376 g/mol. The Morgan fingerprint density at radius 2 is 1.08 bits per heavy atom. The molecule has 6 nitrogen and oxygen atoms in total. The van der Waals surface area contributed by atoms with Crippen molar-refractivity contribution in [3.8, 4) is 0 Å². The summed E-state index contributed by atoms with van der Waals surface area (Å²) < 4.78 is 59.6. The van der Waals surface area contributed by atoms with Gasteiger partial charge in [-0.3, -0.25) is 8.37 Å². The lowest BCUT2D eigenvalue weighted by molar-refractivity contribution is 0.112. The van der Waals surface area contributed by atoms with E-state index in [9.17, 15) is 16.8 Å². The van der Waals surface area contributed by atoms with Crippen LogP contribution in [0.25, 0.3) is 0 Å². The van der Waals surface area contributed by atoms with Crippen LogP contribution < -0.4 is 0 Å². The molecule has 0 aromatic heterocycles. The van der Waals surface area contributed by atoms with Gasteiger partial charge in [-0.15, -0.1) is 0 Å². The molecule has 0 aliphatic rings. The molecule has 0 saturated heterocycles. The van der Waals surface area contributed by atoms with Crippen LogP contribution >= 0.6 is 0 Å². The fourth-order valence-corrected chi connectivity index (χ4v) is 6.10. The molecule has 0 radical (unpaired) electrons. The van der Waals surface area contributed by atoms with Crippen LogP contribution in [0.4, 0.5) is 0 Å². The summed E-state index contributed by atoms with van der Waals surface area (Å²) in [4.78, 5) is 0. The summed E-state index contributed by atoms with van der Waals surface area (Å²) >= 11 is 0. The van der Waals surface area contributed by atoms with Gasteiger partial charge in [-0.25, -0.2) is 0 Å². The molecule has 0 fully saturated rings. The Kier molecular flexibility index (Phi) is 9.28. The topological polar surface area (TPSA) is 86.7 Å². The molecule has 26 heavy (non-hydrogen) atoms. The normalized spacial score (nSPS) is 16.7. The maximum absolute atomic E-state index is 12.3. The molecule has 2 unspecified atom stereocenters. The minimum Gasteiger partial charge on any atom is -0.267 e. The Balaban J connectivity index is 5.06. The Morgan fingerprint density at radius 1 is 0.692 bits per heavy atom. The van der Waals surface area contributed by atoms with Crippen LogP contribution in [0, 0.1) is 16.7 Å². The molecule has 0 aromatic carbocycles. The van der Waals surface area contributed by atoms with Crippen molar-refractivity contribution in [3.63, 3.8) is 0 Å². The average Bonchev–Trinajstić information content (AvgIpc) is 2.16. The first-order valence-electron chi connectivity index (χ1n) is 9.12. The van der Waals surface area contributed by atoms with E-state index in [0.717, 1.165) is 0 Å². The van der Waals surface area contributed by atoms with Gasteiger partial charge in [0.15, 0.2) is 0 Å². The van der Waals surface area contributed by atoms with Gasteiger partial charge in [0, 0.05) is 6.42 Å². The molecule has 0 spiro atoms. The summed E-state index contributed by atoms with van der Waals surface area (Å²) in [6.45, 7) is 16.5. The van der Waals surface area contributed by atoms with Gasteiger partial charge in [0.1, 0.15) is 0 Å². The molecule has 0 bridgehead atoms. The van der Waals surface area contributed by atoms with Gasteiger partial charge >= 0.3 is 0 Å². The SMILES string of the molecule is CC(C)CC(CC(C)OS(=O)(=O)CC(C)(C)C)OS(=O)(=O)CC(C)(C)C. The molecule has 0 heterocycles. The highest BCUT2D eigenvalue weighted by Crippen LogP contribution is 2.24. The summed E-state index contributed by atoms with van der Waals surface area (Å²) in [5, 5.41) is 0. The van der Waals surface area contributed by atoms with E-state index >= 15 is 0 Å². The van der Waals surface area contributed by atoms with Crippen LogP contribution in [0.1, 0.15) is 75.2 Å². The lowest BCUT2D eigenvalue weighted by Crippen LogP contribution is -2.32. The van der Waals surface area contributed by atoms with E-state index in [1.807, 2.05) is 55.4 Å². The van der Waals surface area contributed by atoms with Gasteiger partial charge in [-0.05, 0) is 30.1 Å². The summed E-state index contributed by atoms with van der Waals surface area (Å²) in [6, 6.07) is 0. The van der Waals surface area contributed by atoms with E-state index in [2.05, 4.69) is 0 Å². The molecule has 2 atom stereocenters. The molecule has 0 saturated carbocycles. The third kappa shape index (κ3) is 13.9. The highest BCUT2D eigenvalue weighted by atomic mass is 32.2. The number of rotatable bonds is 10. The van der Waals surface area contributed by atoms with Crippen molar-refractivity contribution in [2.45, 2.75) is 87.4 Å². The Labute approximate surface area is 161 Å². The van der Waals surface area contributed by atoms with Gasteiger partial charge in [0.2, 0.25) is 0 Å². The zero-order valence-electron chi connectivity index (χ0n) is 17.8. The fourth-order valence-electron chi connectivity index (χ4n) is 2.70. The van der Waals surface area contributed by atoms with Crippen molar-refractivity contribution in [3.05, 3.63) is 0 Å². The molecule has 0 N–H and O–H groups in total. The highest BCUT2D eigenvalue weighted by molar-refractivity contribution is 7.87. The first-order chi connectivity index (χ1) is 11.3. The van der Waals surface area contributed by atoms with Crippen LogP contribution in [-0.2, 0) is 28.6 Å². The maximum Gasteiger partial charge on any atom is 0.268 e. The van der Waals surface area contributed by atoms with E-state index in [4.69, 9.17) is 8.37 Å². The molecule has 8 heteroatoms. The van der Waals surface area contributed by atoms with Crippen molar-refractivity contribution in [2.24, 2.45) is 16.7 Å². The summed E-state index contributed by atoms with van der Waals surface area (Å²) in [5.74, 6) is 0.0253. The van der Waals surface area contributed by atoms with E-state index in [1.54, 1.807) is 6.92 Å². The van der Waals surface area contributed by atoms with Crippen LogP contribution in [-0.4, -0.2) is 40.5 Å². The second kappa shape index (κ2) is 9.34. The van der Waals surface area contributed by atoms with Crippen molar-refractivity contribution in [2.75, 3.05) is 11.5 Å². The Bertz CT molecular complexity index is 622. The minimum absolute atomic E-state index is 0.0911. The van der Waals surface area contributed by atoms with Gasteiger partial charge in [0.25, 0.3) is 20.2 Å². The Morgan fingerprint density at radius 3 is 1.42 bits per heavy atom. The van der Waals surface area contributed by atoms with E-state index in [1.165, 1.54) is 0 Å². The van der Waals surface area contributed by atoms with Crippen molar-refractivity contribution in [1.82, 2.24) is 0 Å². The average molecular weight is 415 g/mol. The molecule has 0 aromatic rings. The fraction of sp³-hybridized carbons (Fsp3) is 1.00. The van der Waals surface area contributed by atoms with Crippen LogP contribution in [0.15, 0.2) is 0 Å². The standard InChI is InChI=1S/C18H38O6S2/c1-14(2)10-16(24-26(21,22)13-18(7,8)9)11-15(3)23-25(19,20)12-17(4,5)6/h14-16H,10-13H2,1-9H3. The first-order valence-corrected chi connectivity index (χ1v) is 12.3. The monoisotopic (exact) mass is 414 g/mol. The quantitative estimate of drug-likeness (QED) is 0.503. The maximum atomic E-state index is 12.3. The first kappa shape index (κ1) is 25.8. The van der Waals surface area contributed by atoms with Crippen LogP contribution in [0.2, 0.25) is 0 Å². The van der Waals surface area contributed by atoms with E-state index in [0.29, 0.717) is 6.42 Å². The predicted molar refractivity (Wildman–Crippen MR) is 106 cm³/mol. The van der Waals surface area contributed by atoms with Gasteiger partial charge in [-0.2, -0.15) is 16.8 Å². The Hall–Kier alpha value is -0.180. The third-order valence-electron chi connectivity index (χ3n) is 3.14. The predicted octanol–water partition coefficient (Wildman–Crippen LogP) is 3.96. The summed E-state index contributed by atoms with van der Waals surface area (Å²) in [5.41, 5.74) is -0.832.